The fourth-order valence-corrected chi connectivity index (χ4v) is 3.00. The summed E-state index contributed by atoms with van der Waals surface area (Å²) in [5, 5.41) is 14.4. The number of nitriles is 1. The van der Waals surface area contributed by atoms with Crippen molar-refractivity contribution in [2.45, 2.75) is 19.4 Å². The van der Waals surface area contributed by atoms with Crippen LogP contribution in [0.15, 0.2) is 42.5 Å². The minimum absolute atomic E-state index is 0.181. The van der Waals surface area contributed by atoms with Crippen LogP contribution in [-0.2, 0) is 9.53 Å². The SMILES string of the molecule is CNC=O.Cc1ccc(NC(=O)O[C@@H]2CCN(c3ccc(C#N)c(Cl)c3)C2)cc1. The molecule has 0 radical (unpaired) electrons. The van der Waals surface area contributed by atoms with Gasteiger partial charge in [-0.3, -0.25) is 10.1 Å². The maximum Gasteiger partial charge on any atom is 0.411 e. The summed E-state index contributed by atoms with van der Waals surface area (Å²) in [5.74, 6) is 0. The Balaban J connectivity index is 0.000000687. The number of hydrogen-bond donors (Lipinski definition) is 2. The van der Waals surface area contributed by atoms with Gasteiger partial charge < -0.3 is 15.0 Å². The molecule has 2 amide bonds. The Morgan fingerprint density at radius 2 is 2.00 bits per heavy atom. The van der Waals surface area contributed by atoms with Crippen molar-refractivity contribution in [3.8, 4) is 6.07 Å². The average Bonchev–Trinajstić information content (AvgIpc) is 3.18. The van der Waals surface area contributed by atoms with Gasteiger partial charge in [0, 0.05) is 31.4 Å². The fraction of sp³-hybridized carbons (Fsp3) is 0.286. The van der Waals surface area contributed by atoms with E-state index in [0.29, 0.717) is 29.2 Å². The monoisotopic (exact) mass is 414 g/mol. The summed E-state index contributed by atoms with van der Waals surface area (Å²) in [7, 11) is 1.56. The summed E-state index contributed by atoms with van der Waals surface area (Å²) in [4.78, 5) is 23.2. The standard InChI is InChI=1S/C19H18ClN3O2.C2H5NO/c1-13-2-5-15(6-3-13)22-19(24)25-17-8-9-23(12-17)16-7-4-14(11-21)18(20)10-16;1-3-2-4/h2-7,10,17H,8-9,12H2,1H3,(H,22,24);2H,1H3,(H,3,4)/t17-;/m1./s1. The van der Waals surface area contributed by atoms with E-state index in [2.05, 4.69) is 15.5 Å². The topological polar surface area (TPSA) is 94.5 Å². The predicted molar refractivity (Wildman–Crippen MR) is 113 cm³/mol. The van der Waals surface area contributed by atoms with Gasteiger partial charge in [0.05, 0.1) is 17.1 Å². The molecular formula is C21H23ClN4O3. The number of rotatable bonds is 4. The van der Waals surface area contributed by atoms with Crippen molar-refractivity contribution in [1.29, 1.82) is 5.26 Å². The highest BCUT2D eigenvalue weighted by molar-refractivity contribution is 6.32. The lowest BCUT2D eigenvalue weighted by molar-refractivity contribution is -0.109. The van der Waals surface area contributed by atoms with Gasteiger partial charge in [0.2, 0.25) is 6.41 Å². The van der Waals surface area contributed by atoms with Gasteiger partial charge in [0.25, 0.3) is 0 Å². The number of aryl methyl sites for hydroxylation is 1. The fourth-order valence-electron chi connectivity index (χ4n) is 2.79. The van der Waals surface area contributed by atoms with Crippen LogP contribution in [0.2, 0.25) is 5.02 Å². The normalized spacial score (nSPS) is 14.8. The molecule has 1 heterocycles. The zero-order chi connectivity index (χ0) is 21.2. The van der Waals surface area contributed by atoms with E-state index < -0.39 is 6.09 Å². The van der Waals surface area contributed by atoms with Gasteiger partial charge in [-0.25, -0.2) is 4.79 Å². The Hall–Kier alpha value is -3.24. The molecule has 2 aromatic rings. The molecule has 1 aliphatic heterocycles. The smallest absolute Gasteiger partial charge is 0.411 e. The number of benzene rings is 2. The molecule has 152 valence electrons. The number of amides is 2. The van der Waals surface area contributed by atoms with Crippen molar-refractivity contribution in [3.05, 3.63) is 58.6 Å². The second-order valence-electron chi connectivity index (χ2n) is 6.44. The molecule has 0 spiro atoms. The summed E-state index contributed by atoms with van der Waals surface area (Å²) in [6.45, 7) is 3.36. The van der Waals surface area contributed by atoms with Crippen molar-refractivity contribution in [2.24, 2.45) is 0 Å². The maximum absolute atomic E-state index is 12.0. The third kappa shape index (κ3) is 6.70. The lowest BCUT2D eigenvalue weighted by atomic mass is 10.2. The third-order valence-electron chi connectivity index (χ3n) is 4.27. The molecule has 2 aromatic carbocycles. The Morgan fingerprint density at radius 3 is 2.59 bits per heavy atom. The molecule has 1 atom stereocenters. The van der Waals surface area contributed by atoms with Gasteiger partial charge in [-0.1, -0.05) is 29.3 Å². The molecule has 8 heteroatoms. The summed E-state index contributed by atoms with van der Waals surface area (Å²) in [5.41, 5.74) is 3.22. The quantitative estimate of drug-likeness (QED) is 0.743. The van der Waals surface area contributed by atoms with E-state index in [9.17, 15) is 4.79 Å². The number of carbonyl (C=O) groups excluding carboxylic acids is 2. The number of hydrogen-bond acceptors (Lipinski definition) is 5. The molecule has 0 aromatic heterocycles. The van der Waals surface area contributed by atoms with Gasteiger partial charge in [0.1, 0.15) is 12.2 Å². The molecule has 0 unspecified atom stereocenters. The molecule has 0 aliphatic carbocycles. The molecule has 1 aliphatic rings. The van der Waals surface area contributed by atoms with Crippen LogP contribution in [-0.4, -0.2) is 38.7 Å². The number of ether oxygens (including phenoxy) is 1. The molecule has 1 fully saturated rings. The van der Waals surface area contributed by atoms with Crippen LogP contribution in [0, 0.1) is 18.3 Å². The minimum atomic E-state index is -0.450. The van der Waals surface area contributed by atoms with E-state index in [1.807, 2.05) is 43.3 Å². The van der Waals surface area contributed by atoms with E-state index in [0.717, 1.165) is 24.2 Å². The molecule has 0 bridgehead atoms. The van der Waals surface area contributed by atoms with Crippen LogP contribution in [0.1, 0.15) is 17.5 Å². The first-order valence-corrected chi connectivity index (χ1v) is 9.44. The summed E-state index contributed by atoms with van der Waals surface area (Å²) >= 11 is 6.09. The Bertz CT molecular complexity index is 880. The highest BCUT2D eigenvalue weighted by Gasteiger charge is 2.26. The second-order valence-corrected chi connectivity index (χ2v) is 6.84. The molecule has 0 saturated carbocycles. The van der Waals surface area contributed by atoms with Crippen molar-refractivity contribution < 1.29 is 14.3 Å². The van der Waals surface area contributed by atoms with E-state index >= 15 is 0 Å². The van der Waals surface area contributed by atoms with Gasteiger partial charge in [-0.2, -0.15) is 5.26 Å². The number of halogens is 1. The summed E-state index contributed by atoms with van der Waals surface area (Å²) in [6, 6.07) is 14.9. The van der Waals surface area contributed by atoms with Gasteiger partial charge in [0.15, 0.2) is 0 Å². The van der Waals surface area contributed by atoms with E-state index in [1.165, 1.54) is 0 Å². The Labute approximate surface area is 175 Å². The lowest BCUT2D eigenvalue weighted by Crippen LogP contribution is -2.26. The first-order valence-electron chi connectivity index (χ1n) is 9.06. The van der Waals surface area contributed by atoms with Crippen molar-refractivity contribution in [3.63, 3.8) is 0 Å². The number of nitrogens with one attached hydrogen (secondary N) is 2. The van der Waals surface area contributed by atoms with E-state index in [1.54, 1.807) is 19.2 Å². The van der Waals surface area contributed by atoms with Crippen molar-refractivity contribution >= 4 is 35.5 Å². The van der Waals surface area contributed by atoms with E-state index in [-0.39, 0.29) is 6.10 Å². The molecule has 7 nitrogen and oxygen atoms in total. The zero-order valence-electron chi connectivity index (χ0n) is 16.3. The number of nitrogens with zero attached hydrogens (tertiary/aromatic N) is 2. The zero-order valence-corrected chi connectivity index (χ0v) is 17.1. The highest BCUT2D eigenvalue weighted by Crippen LogP contribution is 2.27. The highest BCUT2D eigenvalue weighted by atomic mass is 35.5. The predicted octanol–water partition coefficient (Wildman–Crippen LogP) is 3.71. The Morgan fingerprint density at radius 1 is 1.31 bits per heavy atom. The maximum atomic E-state index is 12.0. The number of anilines is 2. The Kier molecular flexibility index (Phi) is 8.31. The van der Waals surface area contributed by atoms with Gasteiger partial charge >= 0.3 is 6.09 Å². The first-order chi connectivity index (χ1) is 14.0. The lowest BCUT2D eigenvalue weighted by Gasteiger charge is -2.19. The van der Waals surface area contributed by atoms with Crippen LogP contribution in [0.3, 0.4) is 0 Å². The van der Waals surface area contributed by atoms with Crippen molar-refractivity contribution in [1.82, 2.24) is 5.32 Å². The van der Waals surface area contributed by atoms with Gasteiger partial charge in [-0.05, 0) is 37.3 Å². The van der Waals surface area contributed by atoms with E-state index in [4.69, 9.17) is 26.4 Å². The largest absolute Gasteiger partial charge is 0.444 e. The minimum Gasteiger partial charge on any atom is -0.444 e. The molecular weight excluding hydrogens is 392 g/mol. The number of carbonyl (C=O) groups is 2. The van der Waals surface area contributed by atoms with Crippen LogP contribution in [0.25, 0.3) is 0 Å². The molecule has 29 heavy (non-hydrogen) atoms. The molecule has 1 saturated heterocycles. The van der Waals surface area contributed by atoms with Crippen molar-refractivity contribution in [2.75, 3.05) is 30.4 Å². The molecule has 3 rings (SSSR count). The third-order valence-corrected chi connectivity index (χ3v) is 4.59. The van der Waals surface area contributed by atoms with Crippen LogP contribution in [0.4, 0.5) is 16.2 Å². The first kappa shape index (κ1) is 22.1. The second kappa shape index (κ2) is 10.9. The summed E-state index contributed by atoms with van der Waals surface area (Å²) < 4.78 is 5.50. The average molecular weight is 415 g/mol. The van der Waals surface area contributed by atoms with Gasteiger partial charge in [-0.15, -0.1) is 0 Å². The van der Waals surface area contributed by atoms with Crippen LogP contribution >= 0.6 is 11.6 Å². The van der Waals surface area contributed by atoms with Crippen LogP contribution < -0.4 is 15.5 Å². The van der Waals surface area contributed by atoms with Crippen LogP contribution in [0.5, 0.6) is 0 Å². The molecule has 2 N–H and O–H groups in total. The summed E-state index contributed by atoms with van der Waals surface area (Å²) in [6.07, 6.45) is 0.743.